The standard InChI is InChI=1S/C12H12O2S2/c1-9-5-3-4-6-11(9)16(13,14)12-8-7-10(2)15-12/h3-8H,1-2H3. The molecule has 0 aliphatic heterocycles. The molecule has 16 heavy (non-hydrogen) atoms. The lowest BCUT2D eigenvalue weighted by Crippen LogP contribution is -2.01. The third-order valence-corrected chi connectivity index (χ3v) is 5.77. The van der Waals surface area contributed by atoms with E-state index in [2.05, 4.69) is 0 Å². The average Bonchev–Trinajstić information content (AvgIpc) is 2.66. The summed E-state index contributed by atoms with van der Waals surface area (Å²) in [5, 5.41) is 0. The van der Waals surface area contributed by atoms with Crippen LogP contribution in [0.5, 0.6) is 0 Å². The van der Waals surface area contributed by atoms with Crippen LogP contribution in [0.15, 0.2) is 45.5 Å². The van der Waals surface area contributed by atoms with E-state index in [-0.39, 0.29) is 0 Å². The van der Waals surface area contributed by atoms with Gasteiger partial charge < -0.3 is 0 Å². The van der Waals surface area contributed by atoms with Gasteiger partial charge in [0.2, 0.25) is 9.84 Å². The predicted octanol–water partition coefficient (Wildman–Crippen LogP) is 3.20. The lowest BCUT2D eigenvalue weighted by molar-refractivity contribution is 0.597. The molecule has 0 aliphatic carbocycles. The van der Waals surface area contributed by atoms with Crippen LogP contribution in [0.3, 0.4) is 0 Å². The molecule has 0 bridgehead atoms. The van der Waals surface area contributed by atoms with Gasteiger partial charge in [0.25, 0.3) is 0 Å². The molecule has 1 aromatic carbocycles. The number of hydrogen-bond donors (Lipinski definition) is 0. The summed E-state index contributed by atoms with van der Waals surface area (Å²) in [4.78, 5) is 1.41. The fraction of sp³-hybridized carbons (Fsp3) is 0.167. The van der Waals surface area contributed by atoms with Crippen molar-refractivity contribution in [1.29, 1.82) is 0 Å². The lowest BCUT2D eigenvalue weighted by atomic mass is 10.2. The molecule has 0 fully saturated rings. The van der Waals surface area contributed by atoms with Crippen molar-refractivity contribution in [2.75, 3.05) is 0 Å². The number of sulfone groups is 1. The summed E-state index contributed by atoms with van der Waals surface area (Å²) in [5.41, 5.74) is 0.786. The molecule has 2 rings (SSSR count). The molecule has 0 aliphatic rings. The molecule has 1 aromatic heterocycles. The second kappa shape index (κ2) is 4.03. The molecular weight excluding hydrogens is 240 g/mol. The zero-order valence-corrected chi connectivity index (χ0v) is 10.7. The topological polar surface area (TPSA) is 34.1 Å². The smallest absolute Gasteiger partial charge is 0.216 e. The van der Waals surface area contributed by atoms with Gasteiger partial charge in [-0.3, -0.25) is 0 Å². The van der Waals surface area contributed by atoms with E-state index >= 15 is 0 Å². The van der Waals surface area contributed by atoms with E-state index in [9.17, 15) is 8.42 Å². The number of aryl methyl sites for hydroxylation is 2. The van der Waals surface area contributed by atoms with E-state index in [0.29, 0.717) is 9.10 Å². The van der Waals surface area contributed by atoms with E-state index in [1.54, 1.807) is 18.2 Å². The molecule has 0 unspecified atom stereocenters. The number of benzene rings is 1. The molecule has 2 nitrogen and oxygen atoms in total. The van der Waals surface area contributed by atoms with Gasteiger partial charge in [-0.1, -0.05) is 18.2 Å². The maximum atomic E-state index is 12.3. The summed E-state index contributed by atoms with van der Waals surface area (Å²) in [5.74, 6) is 0. The molecule has 4 heteroatoms. The molecule has 0 N–H and O–H groups in total. The molecule has 0 radical (unpaired) electrons. The van der Waals surface area contributed by atoms with Crippen molar-refractivity contribution in [2.24, 2.45) is 0 Å². The summed E-state index contributed by atoms with van der Waals surface area (Å²) < 4.78 is 25.0. The van der Waals surface area contributed by atoms with Crippen LogP contribution in [0, 0.1) is 13.8 Å². The SMILES string of the molecule is Cc1ccc(S(=O)(=O)c2ccccc2C)s1. The summed E-state index contributed by atoms with van der Waals surface area (Å²) in [6.07, 6.45) is 0. The van der Waals surface area contributed by atoms with Gasteiger partial charge in [0, 0.05) is 4.88 Å². The number of hydrogen-bond acceptors (Lipinski definition) is 3. The summed E-state index contributed by atoms with van der Waals surface area (Å²) in [7, 11) is -3.33. The molecule has 0 atom stereocenters. The predicted molar refractivity (Wildman–Crippen MR) is 65.7 cm³/mol. The largest absolute Gasteiger partial charge is 0.218 e. The van der Waals surface area contributed by atoms with E-state index < -0.39 is 9.84 Å². The van der Waals surface area contributed by atoms with E-state index in [0.717, 1.165) is 10.4 Å². The van der Waals surface area contributed by atoms with Crippen molar-refractivity contribution in [2.45, 2.75) is 23.0 Å². The molecule has 0 saturated heterocycles. The molecule has 2 aromatic rings. The minimum Gasteiger partial charge on any atom is -0.218 e. The zero-order valence-electron chi connectivity index (χ0n) is 9.10. The maximum Gasteiger partial charge on any atom is 0.216 e. The Kier molecular flexibility index (Phi) is 2.86. The minimum absolute atomic E-state index is 0.400. The van der Waals surface area contributed by atoms with E-state index in [1.165, 1.54) is 11.3 Å². The second-order valence-corrected chi connectivity index (χ2v) is 7.07. The van der Waals surface area contributed by atoms with Crippen molar-refractivity contribution in [3.8, 4) is 0 Å². The van der Waals surface area contributed by atoms with Crippen molar-refractivity contribution >= 4 is 21.2 Å². The van der Waals surface area contributed by atoms with Crippen molar-refractivity contribution in [3.63, 3.8) is 0 Å². The number of thiophene rings is 1. The first kappa shape index (κ1) is 11.4. The van der Waals surface area contributed by atoms with Crippen molar-refractivity contribution < 1.29 is 8.42 Å². The van der Waals surface area contributed by atoms with Crippen molar-refractivity contribution in [3.05, 3.63) is 46.8 Å². The first-order valence-electron chi connectivity index (χ1n) is 4.89. The Morgan fingerprint density at radius 1 is 1.00 bits per heavy atom. The van der Waals surface area contributed by atoms with Gasteiger partial charge in [-0.2, -0.15) is 0 Å². The van der Waals surface area contributed by atoms with Gasteiger partial charge >= 0.3 is 0 Å². The highest BCUT2D eigenvalue weighted by molar-refractivity contribution is 7.93. The fourth-order valence-electron chi connectivity index (χ4n) is 1.52. The Bertz CT molecular complexity index is 609. The first-order valence-corrected chi connectivity index (χ1v) is 7.19. The normalized spacial score (nSPS) is 11.6. The van der Waals surface area contributed by atoms with Crippen LogP contribution in [-0.4, -0.2) is 8.42 Å². The van der Waals surface area contributed by atoms with Crippen LogP contribution < -0.4 is 0 Å². The van der Waals surface area contributed by atoms with Crippen LogP contribution in [0.2, 0.25) is 0 Å². The molecule has 0 spiro atoms. The molecular formula is C12H12O2S2. The van der Waals surface area contributed by atoms with Gasteiger partial charge in [-0.25, -0.2) is 8.42 Å². The first-order chi connectivity index (χ1) is 7.51. The highest BCUT2D eigenvalue weighted by Crippen LogP contribution is 2.28. The lowest BCUT2D eigenvalue weighted by Gasteiger charge is -2.04. The maximum absolute atomic E-state index is 12.3. The van der Waals surface area contributed by atoms with Gasteiger partial charge in [0.05, 0.1) is 4.90 Å². The second-order valence-electron chi connectivity index (χ2n) is 3.63. The van der Waals surface area contributed by atoms with Crippen LogP contribution in [-0.2, 0) is 9.84 Å². The summed E-state index contributed by atoms with van der Waals surface area (Å²) in [6.45, 7) is 3.72. The zero-order chi connectivity index (χ0) is 11.8. The van der Waals surface area contributed by atoms with E-state index in [4.69, 9.17) is 0 Å². The van der Waals surface area contributed by atoms with Crippen LogP contribution in [0.25, 0.3) is 0 Å². The molecule has 84 valence electrons. The van der Waals surface area contributed by atoms with Crippen LogP contribution >= 0.6 is 11.3 Å². The Morgan fingerprint density at radius 3 is 2.25 bits per heavy atom. The summed E-state index contributed by atoms with van der Waals surface area (Å²) >= 11 is 1.31. The molecule has 0 amide bonds. The van der Waals surface area contributed by atoms with Gasteiger partial charge in [0.15, 0.2) is 0 Å². The van der Waals surface area contributed by atoms with Gasteiger partial charge in [0.1, 0.15) is 4.21 Å². The highest BCUT2D eigenvalue weighted by atomic mass is 32.2. The Morgan fingerprint density at radius 2 is 1.69 bits per heavy atom. The Balaban J connectivity index is 2.60. The molecule has 0 saturated carbocycles. The molecule has 1 heterocycles. The summed E-state index contributed by atoms with van der Waals surface area (Å²) in [6, 6.07) is 10.6. The van der Waals surface area contributed by atoms with Crippen LogP contribution in [0.4, 0.5) is 0 Å². The third-order valence-electron chi connectivity index (χ3n) is 2.36. The van der Waals surface area contributed by atoms with Gasteiger partial charge in [-0.05, 0) is 37.6 Å². The highest BCUT2D eigenvalue weighted by Gasteiger charge is 2.20. The fourth-order valence-corrected chi connectivity index (χ4v) is 4.43. The van der Waals surface area contributed by atoms with E-state index in [1.807, 2.05) is 32.0 Å². The monoisotopic (exact) mass is 252 g/mol. The van der Waals surface area contributed by atoms with Crippen LogP contribution in [0.1, 0.15) is 10.4 Å². The Labute approximate surface area is 99.5 Å². The third kappa shape index (κ3) is 1.90. The number of rotatable bonds is 2. The van der Waals surface area contributed by atoms with Gasteiger partial charge in [-0.15, -0.1) is 11.3 Å². The Hall–Kier alpha value is -1.13. The quantitative estimate of drug-likeness (QED) is 0.822. The average molecular weight is 252 g/mol. The van der Waals surface area contributed by atoms with Crippen molar-refractivity contribution in [1.82, 2.24) is 0 Å². The minimum atomic E-state index is -3.33.